The van der Waals surface area contributed by atoms with E-state index in [1.165, 1.54) is 43.6 Å². The lowest BCUT2D eigenvalue weighted by atomic mass is 9.85. The van der Waals surface area contributed by atoms with Gasteiger partial charge in [0.25, 0.3) is 0 Å². The van der Waals surface area contributed by atoms with E-state index < -0.39 is 0 Å². The zero-order chi connectivity index (χ0) is 44.0. The summed E-state index contributed by atoms with van der Waals surface area (Å²) in [5, 5.41) is 4.97. The van der Waals surface area contributed by atoms with Crippen LogP contribution in [-0.2, 0) is 0 Å². The Morgan fingerprint density at radius 2 is 0.545 bits per heavy atom. The van der Waals surface area contributed by atoms with Gasteiger partial charge in [0.2, 0.25) is 0 Å². The van der Waals surface area contributed by atoms with Crippen LogP contribution in [0.5, 0.6) is 0 Å². The third-order valence-corrected chi connectivity index (χ3v) is 12.9. The molecule has 66 heavy (non-hydrogen) atoms. The van der Waals surface area contributed by atoms with Crippen molar-refractivity contribution in [3.05, 3.63) is 277 Å². The summed E-state index contributed by atoms with van der Waals surface area (Å²) in [6, 6.07) is 91.3. The van der Waals surface area contributed by atoms with E-state index in [1.54, 1.807) is 0 Å². The lowest BCUT2D eigenvalue weighted by Gasteiger charge is -2.26. The molecule has 0 fully saturated rings. The van der Waals surface area contributed by atoms with Gasteiger partial charge < -0.3 is 19.8 Å². The second-order valence-corrected chi connectivity index (χ2v) is 16.8. The number of nitrogen functional groups attached to an aromatic ring is 1. The van der Waals surface area contributed by atoms with E-state index in [0.29, 0.717) is 0 Å². The topological polar surface area (TPSA) is 39.1 Å². The molecule has 0 aliphatic carbocycles. The van der Waals surface area contributed by atoms with Crippen LogP contribution in [0.1, 0.15) is 22.3 Å². The first kappa shape index (κ1) is 38.8. The maximum atomic E-state index is 6.39. The van der Waals surface area contributed by atoms with E-state index in [9.17, 15) is 0 Å². The Bertz CT molecular complexity index is 3570. The molecule has 12 aromatic rings. The minimum absolute atomic E-state index is 0.725. The van der Waals surface area contributed by atoms with Gasteiger partial charge in [-0.25, -0.2) is 0 Å². The molecular formula is C62H44N4. The second kappa shape index (κ2) is 16.4. The van der Waals surface area contributed by atoms with Crippen LogP contribution in [0.2, 0.25) is 0 Å². The summed E-state index contributed by atoms with van der Waals surface area (Å²) in [5.74, 6) is 0. The number of fused-ring (bicyclic) bond motifs is 6. The van der Waals surface area contributed by atoms with E-state index in [1.807, 2.05) is 12.1 Å². The molecule has 10 aromatic carbocycles. The van der Waals surface area contributed by atoms with Crippen molar-refractivity contribution >= 4 is 77.5 Å². The van der Waals surface area contributed by atoms with Crippen molar-refractivity contribution in [2.45, 2.75) is 0 Å². The number of anilines is 4. The van der Waals surface area contributed by atoms with Gasteiger partial charge in [-0.05, 0) is 130 Å². The number of nitrogens with zero attached hydrogens (tertiary/aromatic N) is 3. The minimum atomic E-state index is 0.725. The van der Waals surface area contributed by atoms with E-state index in [4.69, 9.17) is 5.73 Å². The van der Waals surface area contributed by atoms with Crippen LogP contribution in [0, 0.1) is 0 Å². The third kappa shape index (κ3) is 6.72. The van der Waals surface area contributed by atoms with Gasteiger partial charge in [0, 0.05) is 55.7 Å². The predicted octanol–water partition coefficient (Wildman–Crippen LogP) is 15.9. The quantitative estimate of drug-likeness (QED) is 0.116. The summed E-state index contributed by atoms with van der Waals surface area (Å²) < 4.78 is 4.75. The van der Waals surface area contributed by atoms with Crippen molar-refractivity contribution in [1.82, 2.24) is 9.13 Å². The van der Waals surface area contributed by atoms with Crippen molar-refractivity contribution in [2.75, 3.05) is 10.6 Å². The largest absolute Gasteiger partial charge is 0.399 e. The number of rotatable bonds is 9. The molecule has 0 bridgehead atoms. The highest BCUT2D eigenvalue weighted by Gasteiger charge is 2.20. The molecule has 0 unspecified atom stereocenters. The second-order valence-electron chi connectivity index (χ2n) is 16.8. The highest BCUT2D eigenvalue weighted by Crippen LogP contribution is 2.42. The predicted molar refractivity (Wildman–Crippen MR) is 279 cm³/mol. The summed E-state index contributed by atoms with van der Waals surface area (Å²) in [7, 11) is 0. The molecule has 0 radical (unpaired) electrons. The summed E-state index contributed by atoms with van der Waals surface area (Å²) in [4.78, 5) is 2.31. The van der Waals surface area contributed by atoms with Gasteiger partial charge in [0.1, 0.15) is 0 Å². The van der Waals surface area contributed by atoms with Gasteiger partial charge in [-0.3, -0.25) is 0 Å². The Balaban J connectivity index is 1.06. The van der Waals surface area contributed by atoms with Crippen molar-refractivity contribution in [1.29, 1.82) is 0 Å². The number of aromatic nitrogens is 2. The Morgan fingerprint density at radius 3 is 0.894 bits per heavy atom. The normalized spacial score (nSPS) is 11.9. The standard InChI is InChI=1S/C62H44N4/c63-47-35-27-43(28-36-47)61(45-31-39-51(40-32-45)65-57-23-11-7-19-53(57)54-20-8-12-24-58(54)65)62(44-29-37-50(38-30-44)64(48-15-3-1-4-16-48)49-17-5-2-6-18-49)46-33-41-52(42-34-46)66-59-25-13-9-21-55(59)56-22-10-14-26-60(56)66/h1-42H,63H2. The summed E-state index contributed by atoms with van der Waals surface area (Å²) >= 11 is 0. The monoisotopic (exact) mass is 844 g/mol. The first-order chi connectivity index (χ1) is 32.7. The van der Waals surface area contributed by atoms with Gasteiger partial charge in [-0.15, -0.1) is 0 Å². The number of nitrogens with two attached hydrogens (primary N) is 1. The SMILES string of the molecule is Nc1ccc(C(=C(c2ccc(N(c3ccccc3)c3ccccc3)cc2)c2ccc(-n3c4ccccc4c4ccccc43)cc2)c2ccc(-n3c4ccccc4c4ccccc43)cc2)cc1. The zero-order valence-electron chi connectivity index (χ0n) is 36.2. The molecule has 2 N–H and O–H groups in total. The fourth-order valence-corrected chi connectivity index (χ4v) is 9.89. The molecular weight excluding hydrogens is 801 g/mol. The molecule has 2 aromatic heterocycles. The molecule has 0 spiro atoms. The van der Waals surface area contributed by atoms with Gasteiger partial charge in [0.15, 0.2) is 0 Å². The Labute approximate surface area is 384 Å². The summed E-state index contributed by atoms with van der Waals surface area (Å²) in [5.41, 5.74) is 24.0. The van der Waals surface area contributed by atoms with Crippen LogP contribution < -0.4 is 10.6 Å². The smallest absolute Gasteiger partial charge is 0.0541 e. The summed E-state index contributed by atoms with van der Waals surface area (Å²) in [6.07, 6.45) is 0. The molecule has 0 aliphatic rings. The number of hydrogen-bond acceptors (Lipinski definition) is 2. The maximum Gasteiger partial charge on any atom is 0.0541 e. The average Bonchev–Trinajstić information content (AvgIpc) is 3.90. The molecule has 12 rings (SSSR count). The van der Waals surface area contributed by atoms with Gasteiger partial charge >= 0.3 is 0 Å². The maximum absolute atomic E-state index is 6.39. The highest BCUT2D eigenvalue weighted by molar-refractivity contribution is 6.11. The molecule has 0 saturated carbocycles. The van der Waals surface area contributed by atoms with Crippen molar-refractivity contribution < 1.29 is 0 Å². The van der Waals surface area contributed by atoms with Gasteiger partial charge in [-0.1, -0.05) is 158 Å². The highest BCUT2D eigenvalue weighted by atomic mass is 15.1. The molecule has 0 atom stereocenters. The average molecular weight is 845 g/mol. The molecule has 0 aliphatic heterocycles. The fourth-order valence-electron chi connectivity index (χ4n) is 9.89. The molecule has 4 heteroatoms. The minimum Gasteiger partial charge on any atom is -0.399 e. The molecule has 0 saturated heterocycles. The number of para-hydroxylation sites is 6. The zero-order valence-corrected chi connectivity index (χ0v) is 36.2. The van der Waals surface area contributed by atoms with Crippen LogP contribution in [0.15, 0.2) is 255 Å². The lowest BCUT2D eigenvalue weighted by Crippen LogP contribution is -2.09. The van der Waals surface area contributed by atoms with Crippen molar-refractivity contribution in [3.63, 3.8) is 0 Å². The molecule has 4 nitrogen and oxygen atoms in total. The molecule has 0 amide bonds. The number of hydrogen-bond donors (Lipinski definition) is 1. The first-order valence-electron chi connectivity index (χ1n) is 22.5. The van der Waals surface area contributed by atoms with Crippen molar-refractivity contribution in [2.24, 2.45) is 0 Å². The molecule has 312 valence electrons. The van der Waals surface area contributed by atoms with Crippen LogP contribution in [0.3, 0.4) is 0 Å². The van der Waals surface area contributed by atoms with Crippen LogP contribution >= 0.6 is 0 Å². The van der Waals surface area contributed by atoms with E-state index in [-0.39, 0.29) is 0 Å². The first-order valence-corrected chi connectivity index (χ1v) is 22.5. The Kier molecular flexibility index (Phi) is 9.62. The van der Waals surface area contributed by atoms with E-state index in [2.05, 4.69) is 257 Å². The lowest BCUT2D eigenvalue weighted by molar-refractivity contribution is 1.18. The fraction of sp³-hybridized carbons (Fsp3) is 0. The van der Waals surface area contributed by atoms with E-state index >= 15 is 0 Å². The van der Waals surface area contributed by atoms with E-state index in [0.717, 1.165) is 67.5 Å². The number of benzene rings is 10. The Hall–Kier alpha value is -8.86. The van der Waals surface area contributed by atoms with Gasteiger partial charge in [0.05, 0.1) is 22.1 Å². The summed E-state index contributed by atoms with van der Waals surface area (Å²) in [6.45, 7) is 0. The van der Waals surface area contributed by atoms with Crippen LogP contribution in [-0.4, -0.2) is 9.13 Å². The van der Waals surface area contributed by atoms with Crippen LogP contribution in [0.4, 0.5) is 22.7 Å². The molecule has 2 heterocycles. The van der Waals surface area contributed by atoms with Gasteiger partial charge in [-0.2, -0.15) is 0 Å². The third-order valence-electron chi connectivity index (χ3n) is 12.9. The van der Waals surface area contributed by atoms with Crippen molar-refractivity contribution in [3.8, 4) is 11.4 Å². The van der Waals surface area contributed by atoms with Crippen LogP contribution in [0.25, 0.3) is 66.1 Å². The Morgan fingerprint density at radius 1 is 0.273 bits per heavy atom.